The van der Waals surface area contributed by atoms with Crippen molar-refractivity contribution in [3.63, 3.8) is 0 Å². The summed E-state index contributed by atoms with van der Waals surface area (Å²) in [5, 5.41) is 0. The number of hydrogen-bond acceptors (Lipinski definition) is 3. The number of aliphatic imine (C=N–C) groups is 1. The lowest BCUT2D eigenvalue weighted by Gasteiger charge is -2.00. The maximum atomic E-state index is 4.92. The molecule has 0 aromatic rings. The van der Waals surface area contributed by atoms with Crippen molar-refractivity contribution in [3.05, 3.63) is 0 Å². The number of nitrogens with zero attached hydrogens (tertiary/aromatic N) is 1. The summed E-state index contributed by atoms with van der Waals surface area (Å²) in [4.78, 5) is 3.93. The Morgan fingerprint density at radius 1 is 1.70 bits per heavy atom. The summed E-state index contributed by atoms with van der Waals surface area (Å²) in [5.74, 6) is 0. The Kier molecular flexibility index (Phi) is 8.24. The molecule has 0 radical (unpaired) electrons. The van der Waals surface area contributed by atoms with Gasteiger partial charge in [0.15, 0.2) is 0 Å². The van der Waals surface area contributed by atoms with Gasteiger partial charge in [-0.15, -0.1) is 0 Å². The molecule has 0 fully saturated rings. The Bertz CT molecular complexity index is 73.7. The third kappa shape index (κ3) is 7.59. The van der Waals surface area contributed by atoms with Crippen molar-refractivity contribution in [2.45, 2.75) is 6.92 Å². The van der Waals surface area contributed by atoms with E-state index >= 15 is 0 Å². The van der Waals surface area contributed by atoms with Crippen molar-refractivity contribution >= 4 is 6.21 Å². The topological polar surface area (TPSA) is 30.8 Å². The highest BCUT2D eigenvalue weighted by Crippen LogP contribution is 1.79. The molecular weight excluding hydrogens is 130 g/mol. The Labute approximate surface area is 62.1 Å². The number of methoxy groups -OCH3 is 1. The summed E-state index contributed by atoms with van der Waals surface area (Å²) >= 11 is 0. The van der Waals surface area contributed by atoms with Crippen molar-refractivity contribution in [2.75, 3.05) is 33.5 Å². The van der Waals surface area contributed by atoms with Crippen molar-refractivity contribution < 1.29 is 9.47 Å². The van der Waals surface area contributed by atoms with Gasteiger partial charge in [0.1, 0.15) is 0 Å². The molecule has 0 aromatic carbocycles. The quantitative estimate of drug-likeness (QED) is 0.545. The predicted molar refractivity (Wildman–Crippen MR) is 41.7 cm³/mol. The van der Waals surface area contributed by atoms with Gasteiger partial charge in [-0.05, 0) is 6.92 Å². The monoisotopic (exact) mass is 145 g/mol. The zero-order valence-corrected chi connectivity index (χ0v) is 6.67. The van der Waals surface area contributed by atoms with Crippen LogP contribution in [-0.2, 0) is 9.47 Å². The van der Waals surface area contributed by atoms with E-state index in [0.29, 0.717) is 6.61 Å². The minimum Gasteiger partial charge on any atom is -0.385 e. The molecule has 1 heterocycles. The van der Waals surface area contributed by atoms with Crippen LogP contribution < -0.4 is 0 Å². The molecule has 1 rings (SSSR count). The van der Waals surface area contributed by atoms with Crippen molar-refractivity contribution in [1.29, 1.82) is 0 Å². The maximum absolute atomic E-state index is 4.92. The van der Waals surface area contributed by atoms with Gasteiger partial charge in [0.25, 0.3) is 0 Å². The van der Waals surface area contributed by atoms with E-state index in [-0.39, 0.29) is 0 Å². The van der Waals surface area contributed by atoms with E-state index in [0.717, 1.165) is 19.8 Å². The standard InChI is InChI=1S/C4H7NO.C3H8O/c1-3-6-4-2-5-1;1-3-4-2/h1H,2-4H2;3H2,1-2H3. The van der Waals surface area contributed by atoms with Crippen LogP contribution >= 0.6 is 0 Å². The van der Waals surface area contributed by atoms with Gasteiger partial charge in [-0.3, -0.25) is 4.99 Å². The molecule has 3 heteroatoms. The van der Waals surface area contributed by atoms with Crippen LogP contribution in [0.5, 0.6) is 0 Å². The van der Waals surface area contributed by atoms with Gasteiger partial charge >= 0.3 is 0 Å². The smallest absolute Gasteiger partial charge is 0.0815 e. The van der Waals surface area contributed by atoms with Crippen molar-refractivity contribution in [1.82, 2.24) is 0 Å². The fourth-order valence-corrected chi connectivity index (χ4v) is 0.397. The summed E-state index contributed by atoms with van der Waals surface area (Å²) in [7, 11) is 1.68. The van der Waals surface area contributed by atoms with Crippen LogP contribution in [0, 0.1) is 0 Å². The van der Waals surface area contributed by atoms with Crippen LogP contribution in [-0.4, -0.2) is 39.7 Å². The van der Waals surface area contributed by atoms with Crippen LogP contribution in [0.25, 0.3) is 0 Å². The number of rotatable bonds is 1. The van der Waals surface area contributed by atoms with Crippen molar-refractivity contribution in [3.8, 4) is 0 Å². The zero-order valence-electron chi connectivity index (χ0n) is 6.67. The SMILES string of the molecule is C1=NCCOC1.CCOC. The highest BCUT2D eigenvalue weighted by Gasteiger charge is 1.86. The highest BCUT2D eigenvalue weighted by atomic mass is 16.5. The Morgan fingerprint density at radius 3 is 2.50 bits per heavy atom. The Morgan fingerprint density at radius 2 is 2.40 bits per heavy atom. The molecule has 0 aliphatic carbocycles. The first-order valence-electron chi connectivity index (χ1n) is 3.46. The molecule has 1 aliphatic rings. The zero-order chi connectivity index (χ0) is 7.66. The Hall–Kier alpha value is -0.410. The fraction of sp³-hybridized carbons (Fsp3) is 0.857. The molecule has 0 bridgehead atoms. The number of hydrogen-bond donors (Lipinski definition) is 0. The molecule has 3 nitrogen and oxygen atoms in total. The van der Waals surface area contributed by atoms with E-state index in [2.05, 4.69) is 9.73 Å². The van der Waals surface area contributed by atoms with Gasteiger partial charge in [-0.2, -0.15) is 0 Å². The largest absolute Gasteiger partial charge is 0.385 e. The predicted octanol–water partition coefficient (Wildman–Crippen LogP) is 0.740. The van der Waals surface area contributed by atoms with Gasteiger partial charge in [0.05, 0.1) is 19.8 Å². The van der Waals surface area contributed by atoms with Crippen LogP contribution in [0.4, 0.5) is 0 Å². The molecule has 0 aromatic heterocycles. The summed E-state index contributed by atoms with van der Waals surface area (Å²) in [6, 6.07) is 0. The summed E-state index contributed by atoms with van der Waals surface area (Å²) in [6.07, 6.45) is 1.80. The fourth-order valence-electron chi connectivity index (χ4n) is 0.397. The lowest BCUT2D eigenvalue weighted by Crippen LogP contribution is -2.06. The molecule has 0 atom stereocenters. The second-order valence-corrected chi connectivity index (χ2v) is 1.74. The first-order chi connectivity index (χ1) is 4.91. The van der Waals surface area contributed by atoms with Crippen LogP contribution in [0.3, 0.4) is 0 Å². The highest BCUT2D eigenvalue weighted by molar-refractivity contribution is 5.58. The summed E-state index contributed by atoms with van der Waals surface area (Å²) in [5.41, 5.74) is 0. The van der Waals surface area contributed by atoms with Crippen LogP contribution in [0.2, 0.25) is 0 Å². The third-order valence-electron chi connectivity index (χ3n) is 0.975. The van der Waals surface area contributed by atoms with Gasteiger partial charge in [-0.1, -0.05) is 0 Å². The molecular formula is C7H15NO2. The molecule has 0 unspecified atom stereocenters. The molecule has 0 amide bonds. The first kappa shape index (κ1) is 9.59. The van der Waals surface area contributed by atoms with E-state index in [1.54, 1.807) is 13.3 Å². The van der Waals surface area contributed by atoms with Gasteiger partial charge < -0.3 is 9.47 Å². The lowest BCUT2D eigenvalue weighted by molar-refractivity contribution is 0.174. The van der Waals surface area contributed by atoms with E-state index < -0.39 is 0 Å². The summed E-state index contributed by atoms with van der Waals surface area (Å²) in [6.45, 7) is 5.14. The molecule has 0 saturated carbocycles. The lowest BCUT2D eigenvalue weighted by atomic mass is 10.6. The molecule has 1 aliphatic heterocycles. The van der Waals surface area contributed by atoms with Gasteiger partial charge in [0.2, 0.25) is 0 Å². The van der Waals surface area contributed by atoms with Gasteiger partial charge in [-0.25, -0.2) is 0 Å². The minimum absolute atomic E-state index is 0.708. The minimum atomic E-state index is 0.708. The maximum Gasteiger partial charge on any atom is 0.0815 e. The number of ether oxygens (including phenoxy) is 2. The Balaban J connectivity index is 0.000000180. The van der Waals surface area contributed by atoms with E-state index in [4.69, 9.17) is 4.74 Å². The normalized spacial score (nSPS) is 15.8. The molecule has 0 saturated heterocycles. The van der Waals surface area contributed by atoms with Crippen LogP contribution in [0.1, 0.15) is 6.92 Å². The average molecular weight is 145 g/mol. The summed E-state index contributed by atoms with van der Waals surface area (Å²) < 4.78 is 9.46. The second kappa shape index (κ2) is 8.59. The molecule has 60 valence electrons. The molecule has 0 spiro atoms. The van der Waals surface area contributed by atoms with Crippen molar-refractivity contribution in [2.24, 2.45) is 4.99 Å². The molecule has 10 heavy (non-hydrogen) atoms. The van der Waals surface area contributed by atoms with Gasteiger partial charge in [0, 0.05) is 19.9 Å². The average Bonchev–Trinajstić information content (AvgIpc) is 2.08. The van der Waals surface area contributed by atoms with E-state index in [1.165, 1.54) is 0 Å². The first-order valence-corrected chi connectivity index (χ1v) is 3.46. The molecule has 0 N–H and O–H groups in total. The van der Waals surface area contributed by atoms with Crippen LogP contribution in [0.15, 0.2) is 4.99 Å². The van der Waals surface area contributed by atoms with E-state index in [1.807, 2.05) is 6.92 Å². The third-order valence-corrected chi connectivity index (χ3v) is 0.975. The van der Waals surface area contributed by atoms with E-state index in [9.17, 15) is 0 Å². The second-order valence-electron chi connectivity index (χ2n) is 1.74.